The average Bonchev–Trinajstić information content (AvgIpc) is 3.19. The molecule has 0 atom stereocenters. The quantitative estimate of drug-likeness (QED) is 0.562. The smallest absolute Gasteiger partial charge is 0.240 e. The van der Waals surface area contributed by atoms with E-state index in [0.29, 0.717) is 6.61 Å². The predicted octanol–water partition coefficient (Wildman–Crippen LogP) is 3.08. The molecule has 0 bridgehead atoms. The summed E-state index contributed by atoms with van der Waals surface area (Å²) in [6.07, 6.45) is 5.09. The van der Waals surface area contributed by atoms with Gasteiger partial charge in [0.15, 0.2) is 0 Å². The molecule has 0 amide bonds. The Balaban J connectivity index is 1.24. The van der Waals surface area contributed by atoms with Crippen molar-refractivity contribution in [1.82, 2.24) is 19.2 Å². The van der Waals surface area contributed by atoms with Crippen LogP contribution in [0.15, 0.2) is 65.8 Å². The molecule has 9 heteroatoms. The maximum atomic E-state index is 13.1. The molecule has 1 aromatic heterocycles. The normalized spacial score (nSPS) is 15.7. The molecule has 0 aliphatic carbocycles. The SMILES string of the molecule is Cn1ccnc1COc1ccc(CN2CCC(NS(=O)(=O)c3ccc(F)cc3)CC2)cc1. The lowest BCUT2D eigenvalue weighted by molar-refractivity contribution is 0.200. The van der Waals surface area contributed by atoms with Crippen molar-refractivity contribution in [1.29, 1.82) is 0 Å². The van der Waals surface area contributed by atoms with E-state index >= 15 is 0 Å². The Hall–Kier alpha value is -2.75. The van der Waals surface area contributed by atoms with E-state index in [4.69, 9.17) is 4.74 Å². The van der Waals surface area contributed by atoms with Gasteiger partial charge in [0.1, 0.15) is 24.0 Å². The van der Waals surface area contributed by atoms with Crippen LogP contribution in [0.5, 0.6) is 5.75 Å². The Bertz CT molecular complexity index is 1120. The first-order valence-corrected chi connectivity index (χ1v) is 12.1. The standard InChI is InChI=1S/C23H27FN4O3S/c1-27-15-12-25-23(27)17-31-21-6-2-18(3-7-21)16-28-13-10-20(11-14-28)26-32(29,30)22-8-4-19(24)5-9-22/h2-9,12,15,20,26H,10-11,13-14,16-17H2,1H3. The van der Waals surface area contributed by atoms with Gasteiger partial charge in [-0.1, -0.05) is 12.1 Å². The third kappa shape index (κ3) is 5.73. The first-order valence-electron chi connectivity index (χ1n) is 10.6. The lowest BCUT2D eigenvalue weighted by atomic mass is 10.1. The Labute approximate surface area is 187 Å². The molecule has 2 aromatic carbocycles. The number of hydrogen-bond acceptors (Lipinski definition) is 5. The van der Waals surface area contributed by atoms with E-state index < -0.39 is 15.8 Å². The Morgan fingerprint density at radius 3 is 2.41 bits per heavy atom. The van der Waals surface area contributed by atoms with Crippen LogP contribution >= 0.6 is 0 Å². The molecule has 0 unspecified atom stereocenters. The number of aromatic nitrogens is 2. The van der Waals surface area contributed by atoms with E-state index in [1.165, 1.54) is 17.7 Å². The first kappa shape index (κ1) is 22.4. The van der Waals surface area contributed by atoms with Crippen LogP contribution in [0.1, 0.15) is 24.2 Å². The molecule has 32 heavy (non-hydrogen) atoms. The molecule has 0 saturated carbocycles. The minimum absolute atomic E-state index is 0.0894. The molecule has 2 heterocycles. The van der Waals surface area contributed by atoms with Gasteiger partial charge in [-0.3, -0.25) is 4.90 Å². The molecule has 0 spiro atoms. The van der Waals surface area contributed by atoms with Crippen molar-refractivity contribution in [3.05, 3.63) is 78.1 Å². The van der Waals surface area contributed by atoms with Crippen molar-refractivity contribution < 1.29 is 17.5 Å². The van der Waals surface area contributed by atoms with E-state index in [9.17, 15) is 12.8 Å². The highest BCUT2D eigenvalue weighted by molar-refractivity contribution is 7.89. The maximum absolute atomic E-state index is 13.1. The molecule has 1 saturated heterocycles. The van der Waals surface area contributed by atoms with Gasteiger partial charge in [0.05, 0.1) is 4.90 Å². The van der Waals surface area contributed by atoms with Gasteiger partial charge in [-0.15, -0.1) is 0 Å². The van der Waals surface area contributed by atoms with Crippen molar-refractivity contribution in [3.8, 4) is 5.75 Å². The summed E-state index contributed by atoms with van der Waals surface area (Å²) >= 11 is 0. The van der Waals surface area contributed by atoms with Crippen LogP contribution in [-0.4, -0.2) is 42.0 Å². The summed E-state index contributed by atoms with van der Waals surface area (Å²) in [5.41, 5.74) is 1.18. The molecule has 4 rings (SSSR count). The lowest BCUT2D eigenvalue weighted by Crippen LogP contribution is -2.44. The third-order valence-electron chi connectivity index (χ3n) is 5.65. The van der Waals surface area contributed by atoms with E-state index in [2.05, 4.69) is 26.7 Å². The van der Waals surface area contributed by atoms with Crippen LogP contribution in [0.3, 0.4) is 0 Å². The Morgan fingerprint density at radius 2 is 1.78 bits per heavy atom. The monoisotopic (exact) mass is 458 g/mol. The molecule has 1 aliphatic rings. The summed E-state index contributed by atoms with van der Waals surface area (Å²) in [5.74, 6) is 1.21. The number of sulfonamides is 1. The second-order valence-corrected chi connectivity index (χ2v) is 9.73. The molecule has 3 aromatic rings. The largest absolute Gasteiger partial charge is 0.486 e. The zero-order chi connectivity index (χ0) is 22.6. The van der Waals surface area contributed by atoms with E-state index in [1.807, 2.05) is 29.9 Å². The van der Waals surface area contributed by atoms with Crippen molar-refractivity contribution >= 4 is 10.0 Å². The molecule has 7 nitrogen and oxygen atoms in total. The predicted molar refractivity (Wildman–Crippen MR) is 119 cm³/mol. The van der Waals surface area contributed by atoms with Crippen LogP contribution in [-0.2, 0) is 30.2 Å². The average molecular weight is 459 g/mol. The van der Waals surface area contributed by atoms with E-state index in [1.54, 1.807) is 6.20 Å². The van der Waals surface area contributed by atoms with Crippen molar-refractivity contribution in [2.75, 3.05) is 13.1 Å². The molecule has 1 aliphatic heterocycles. The van der Waals surface area contributed by atoms with Crippen LogP contribution in [0, 0.1) is 5.82 Å². The molecule has 170 valence electrons. The number of hydrogen-bond donors (Lipinski definition) is 1. The molecule has 1 N–H and O–H groups in total. The zero-order valence-electron chi connectivity index (χ0n) is 17.9. The molecule has 0 radical (unpaired) electrons. The highest BCUT2D eigenvalue weighted by Gasteiger charge is 2.24. The van der Waals surface area contributed by atoms with Gasteiger partial charge in [0.2, 0.25) is 10.0 Å². The topological polar surface area (TPSA) is 76.5 Å². The lowest BCUT2D eigenvalue weighted by Gasteiger charge is -2.32. The van der Waals surface area contributed by atoms with Crippen molar-refractivity contribution in [2.45, 2.75) is 36.9 Å². The molecule has 1 fully saturated rings. The van der Waals surface area contributed by atoms with Crippen LogP contribution in [0.2, 0.25) is 0 Å². The fourth-order valence-corrected chi connectivity index (χ4v) is 5.05. The van der Waals surface area contributed by atoms with Gasteiger partial charge in [-0.05, 0) is 54.8 Å². The summed E-state index contributed by atoms with van der Waals surface area (Å²) in [4.78, 5) is 6.65. The minimum atomic E-state index is -3.64. The summed E-state index contributed by atoms with van der Waals surface area (Å²) in [7, 11) is -1.70. The number of piperidine rings is 1. The third-order valence-corrected chi connectivity index (χ3v) is 7.19. The summed E-state index contributed by atoms with van der Waals surface area (Å²) in [6.45, 7) is 2.82. The summed E-state index contributed by atoms with van der Waals surface area (Å²) in [6, 6.07) is 12.8. The Morgan fingerprint density at radius 1 is 1.09 bits per heavy atom. The molecular weight excluding hydrogens is 431 g/mol. The van der Waals surface area contributed by atoms with Crippen LogP contribution < -0.4 is 9.46 Å². The van der Waals surface area contributed by atoms with Crippen LogP contribution in [0.4, 0.5) is 4.39 Å². The van der Waals surface area contributed by atoms with Crippen molar-refractivity contribution in [2.24, 2.45) is 7.05 Å². The van der Waals surface area contributed by atoms with Gasteiger partial charge >= 0.3 is 0 Å². The number of ether oxygens (including phenoxy) is 1. The van der Waals surface area contributed by atoms with E-state index in [-0.39, 0.29) is 10.9 Å². The van der Waals surface area contributed by atoms with Gasteiger partial charge in [-0.2, -0.15) is 0 Å². The fourth-order valence-electron chi connectivity index (χ4n) is 3.74. The number of nitrogens with one attached hydrogen (secondary N) is 1. The second-order valence-electron chi connectivity index (χ2n) is 8.01. The number of rotatable bonds is 8. The second kappa shape index (κ2) is 9.81. The van der Waals surface area contributed by atoms with Crippen molar-refractivity contribution in [3.63, 3.8) is 0 Å². The first-order chi connectivity index (χ1) is 15.4. The van der Waals surface area contributed by atoms with Crippen LogP contribution in [0.25, 0.3) is 0 Å². The maximum Gasteiger partial charge on any atom is 0.240 e. The fraction of sp³-hybridized carbons (Fsp3) is 0.348. The minimum Gasteiger partial charge on any atom is -0.486 e. The summed E-state index contributed by atoms with van der Waals surface area (Å²) in [5, 5.41) is 0. The summed E-state index contributed by atoms with van der Waals surface area (Å²) < 4.78 is 48.5. The number of halogens is 1. The highest BCUT2D eigenvalue weighted by atomic mass is 32.2. The number of likely N-dealkylation sites (tertiary alicyclic amines) is 1. The number of benzene rings is 2. The molecular formula is C23H27FN4O3S. The van der Waals surface area contributed by atoms with Gasteiger partial charge in [-0.25, -0.2) is 22.5 Å². The van der Waals surface area contributed by atoms with E-state index in [0.717, 1.165) is 56.2 Å². The zero-order valence-corrected chi connectivity index (χ0v) is 18.8. The van der Waals surface area contributed by atoms with Gasteiger partial charge in [0.25, 0.3) is 0 Å². The van der Waals surface area contributed by atoms with Gasteiger partial charge < -0.3 is 9.30 Å². The number of aryl methyl sites for hydroxylation is 1. The van der Waals surface area contributed by atoms with Gasteiger partial charge in [0, 0.05) is 45.1 Å². The number of nitrogens with zero attached hydrogens (tertiary/aromatic N) is 3. The Kier molecular flexibility index (Phi) is 6.88. The number of imidazole rings is 1. The highest BCUT2D eigenvalue weighted by Crippen LogP contribution is 2.19.